The highest BCUT2D eigenvalue weighted by Gasteiger charge is 2.32. The lowest BCUT2D eigenvalue weighted by molar-refractivity contribution is -0.131. The molecular weight excluding hydrogens is 456 g/mol. The number of carbonyl (C=O) groups excluding carboxylic acids is 2. The summed E-state index contributed by atoms with van der Waals surface area (Å²) in [6.45, 7) is 5.76. The van der Waals surface area contributed by atoms with Gasteiger partial charge in [0, 0.05) is 56.1 Å². The number of fused-ring (bicyclic) bond motifs is 1. The van der Waals surface area contributed by atoms with Gasteiger partial charge in [-0.3, -0.25) is 14.3 Å². The van der Waals surface area contributed by atoms with Crippen molar-refractivity contribution in [1.29, 1.82) is 0 Å². The maximum atomic E-state index is 13.4. The van der Waals surface area contributed by atoms with Crippen molar-refractivity contribution >= 4 is 29.0 Å². The van der Waals surface area contributed by atoms with Gasteiger partial charge in [-0.1, -0.05) is 17.7 Å². The van der Waals surface area contributed by atoms with Gasteiger partial charge in [-0.2, -0.15) is 5.10 Å². The molecule has 188 valence electrons. The molecule has 2 aromatic carbocycles. The van der Waals surface area contributed by atoms with Gasteiger partial charge in [0.05, 0.1) is 13.7 Å². The summed E-state index contributed by atoms with van der Waals surface area (Å²) in [5.41, 5.74) is 10.6. The Morgan fingerprint density at radius 2 is 1.64 bits per heavy atom. The molecule has 0 radical (unpaired) electrons. The van der Waals surface area contributed by atoms with Crippen molar-refractivity contribution in [2.45, 2.75) is 26.3 Å². The van der Waals surface area contributed by atoms with Gasteiger partial charge in [0.1, 0.15) is 17.3 Å². The van der Waals surface area contributed by atoms with Crippen LogP contribution in [0.2, 0.25) is 0 Å². The molecule has 2 aliphatic rings. The van der Waals surface area contributed by atoms with Crippen LogP contribution in [0.5, 0.6) is 5.75 Å². The van der Waals surface area contributed by atoms with Crippen LogP contribution < -0.4 is 20.3 Å². The fourth-order valence-electron chi connectivity index (χ4n) is 4.96. The molecule has 1 fully saturated rings. The minimum atomic E-state index is -0.121. The number of hydrogen-bond donors (Lipinski definition) is 1. The van der Waals surface area contributed by atoms with Gasteiger partial charge in [-0.25, -0.2) is 0 Å². The number of nitrogens with two attached hydrogens (primary N) is 1. The largest absolute Gasteiger partial charge is 0.497 e. The first-order valence-corrected chi connectivity index (χ1v) is 12.3. The lowest BCUT2D eigenvalue weighted by Gasteiger charge is -2.36. The van der Waals surface area contributed by atoms with Crippen molar-refractivity contribution in [1.82, 2.24) is 14.7 Å². The molecule has 0 unspecified atom stereocenters. The monoisotopic (exact) mass is 488 g/mol. The average Bonchev–Trinajstić information content (AvgIpc) is 3.24. The van der Waals surface area contributed by atoms with E-state index in [4.69, 9.17) is 10.5 Å². The van der Waals surface area contributed by atoms with Crippen LogP contribution in [-0.2, 0) is 17.8 Å². The number of nitrogens with zero attached hydrogens (tertiary/aromatic N) is 5. The molecule has 2 aliphatic heterocycles. The number of aromatic nitrogens is 2. The number of piperazine rings is 1. The molecule has 9 nitrogen and oxygen atoms in total. The topological polar surface area (TPSA) is 96.9 Å². The third-order valence-electron chi connectivity index (χ3n) is 7.07. The van der Waals surface area contributed by atoms with Crippen molar-refractivity contribution in [3.63, 3.8) is 0 Å². The number of ether oxygens (including phenoxy) is 1. The highest BCUT2D eigenvalue weighted by atomic mass is 16.5. The molecular formula is C27H32N6O3. The number of benzene rings is 2. The summed E-state index contributed by atoms with van der Waals surface area (Å²) in [6, 6.07) is 15.9. The van der Waals surface area contributed by atoms with Gasteiger partial charge in [0.2, 0.25) is 5.91 Å². The number of hydrogen-bond acceptors (Lipinski definition) is 6. The first-order valence-electron chi connectivity index (χ1n) is 12.3. The second-order valence-electron chi connectivity index (χ2n) is 9.29. The Balaban J connectivity index is 1.21. The number of methoxy groups -OCH3 is 1. The molecule has 0 atom stereocenters. The zero-order valence-corrected chi connectivity index (χ0v) is 20.8. The van der Waals surface area contributed by atoms with E-state index in [2.05, 4.69) is 10.00 Å². The standard InChI is InChI=1S/C27H32N6O3/c1-19-3-5-21(6-4-19)32-13-11-23-25(27(32)35)33(29-26(23)28)14-12-24(34)31-17-15-30(16-18-31)20-7-9-22(36-2)10-8-20/h3-10H,11-18H2,1-2H3,(H2,28,29). The number of nitrogen functional groups attached to an aromatic ring is 1. The quantitative estimate of drug-likeness (QED) is 0.573. The fraction of sp³-hybridized carbons (Fsp3) is 0.370. The first-order chi connectivity index (χ1) is 17.4. The third-order valence-corrected chi connectivity index (χ3v) is 7.07. The molecule has 2 amide bonds. The van der Waals surface area contributed by atoms with E-state index < -0.39 is 0 Å². The summed E-state index contributed by atoms with van der Waals surface area (Å²) in [6.07, 6.45) is 0.913. The Morgan fingerprint density at radius 3 is 2.31 bits per heavy atom. The third kappa shape index (κ3) is 4.60. The van der Waals surface area contributed by atoms with Gasteiger partial charge in [-0.15, -0.1) is 0 Å². The molecule has 0 spiro atoms. The lowest BCUT2D eigenvalue weighted by Crippen LogP contribution is -2.49. The summed E-state index contributed by atoms with van der Waals surface area (Å²) in [7, 11) is 1.66. The Kier molecular flexibility index (Phi) is 6.54. The highest BCUT2D eigenvalue weighted by molar-refractivity contribution is 6.07. The number of carbonyl (C=O) groups is 2. The van der Waals surface area contributed by atoms with Crippen LogP contribution in [0.15, 0.2) is 48.5 Å². The summed E-state index contributed by atoms with van der Waals surface area (Å²) in [4.78, 5) is 32.3. The average molecular weight is 489 g/mol. The Morgan fingerprint density at radius 1 is 0.972 bits per heavy atom. The van der Waals surface area contributed by atoms with Gasteiger partial charge in [0.15, 0.2) is 0 Å². The van der Waals surface area contributed by atoms with Crippen LogP contribution in [-0.4, -0.2) is 66.3 Å². The number of aryl methyl sites for hydroxylation is 2. The van der Waals surface area contributed by atoms with Crippen LogP contribution in [0, 0.1) is 6.92 Å². The minimum Gasteiger partial charge on any atom is -0.497 e. The summed E-state index contributed by atoms with van der Waals surface area (Å²) >= 11 is 0. The molecule has 5 rings (SSSR count). The van der Waals surface area contributed by atoms with Crippen molar-refractivity contribution in [3.05, 3.63) is 65.4 Å². The molecule has 36 heavy (non-hydrogen) atoms. The van der Waals surface area contributed by atoms with E-state index >= 15 is 0 Å². The second-order valence-corrected chi connectivity index (χ2v) is 9.29. The maximum Gasteiger partial charge on any atom is 0.276 e. The smallest absolute Gasteiger partial charge is 0.276 e. The molecule has 1 aromatic heterocycles. The predicted octanol–water partition coefficient (Wildman–Crippen LogP) is 2.72. The first kappa shape index (κ1) is 23.7. The number of rotatable bonds is 6. The van der Waals surface area contributed by atoms with Crippen molar-refractivity contribution in [3.8, 4) is 5.75 Å². The summed E-state index contributed by atoms with van der Waals surface area (Å²) in [5, 5.41) is 4.43. The molecule has 2 N–H and O–H groups in total. The maximum absolute atomic E-state index is 13.4. The van der Waals surface area contributed by atoms with Crippen LogP contribution in [0.25, 0.3) is 0 Å². The highest BCUT2D eigenvalue weighted by Crippen LogP contribution is 2.28. The van der Waals surface area contributed by atoms with Gasteiger partial charge < -0.3 is 25.2 Å². The van der Waals surface area contributed by atoms with Crippen LogP contribution >= 0.6 is 0 Å². The van der Waals surface area contributed by atoms with E-state index in [1.54, 1.807) is 16.7 Å². The molecule has 1 saturated heterocycles. The Hall–Kier alpha value is -4.01. The summed E-state index contributed by atoms with van der Waals surface area (Å²) in [5.74, 6) is 1.15. The molecule has 0 bridgehead atoms. The van der Waals surface area contributed by atoms with Crippen molar-refractivity contribution < 1.29 is 14.3 Å². The van der Waals surface area contributed by atoms with E-state index in [0.717, 1.165) is 41.3 Å². The van der Waals surface area contributed by atoms with E-state index in [1.165, 1.54) is 0 Å². The summed E-state index contributed by atoms with van der Waals surface area (Å²) < 4.78 is 6.86. The molecule has 3 heterocycles. The van der Waals surface area contributed by atoms with Gasteiger partial charge in [0.25, 0.3) is 5.91 Å². The lowest BCUT2D eigenvalue weighted by atomic mass is 10.0. The van der Waals surface area contributed by atoms with E-state index in [9.17, 15) is 9.59 Å². The van der Waals surface area contributed by atoms with E-state index in [0.29, 0.717) is 44.1 Å². The Bertz CT molecular complexity index is 1240. The zero-order valence-electron chi connectivity index (χ0n) is 20.8. The number of anilines is 3. The minimum absolute atomic E-state index is 0.0610. The van der Waals surface area contributed by atoms with Gasteiger partial charge >= 0.3 is 0 Å². The fourth-order valence-corrected chi connectivity index (χ4v) is 4.96. The van der Waals surface area contributed by atoms with Crippen LogP contribution in [0.4, 0.5) is 17.2 Å². The van der Waals surface area contributed by atoms with E-state index in [-0.39, 0.29) is 18.2 Å². The van der Waals surface area contributed by atoms with Gasteiger partial charge in [-0.05, 0) is 49.7 Å². The predicted molar refractivity (Wildman–Crippen MR) is 140 cm³/mol. The second kappa shape index (κ2) is 9.93. The number of amides is 2. The zero-order chi connectivity index (χ0) is 25.2. The van der Waals surface area contributed by atoms with Crippen LogP contribution in [0.1, 0.15) is 28.0 Å². The Labute approximate surface area is 211 Å². The normalized spacial score (nSPS) is 15.7. The van der Waals surface area contributed by atoms with Crippen molar-refractivity contribution in [2.24, 2.45) is 0 Å². The molecule has 3 aromatic rings. The molecule has 9 heteroatoms. The SMILES string of the molecule is COc1ccc(N2CCN(C(=O)CCn3nc(N)c4c3C(=O)N(c3ccc(C)cc3)CC4)CC2)cc1. The van der Waals surface area contributed by atoms with E-state index in [1.807, 2.05) is 60.4 Å². The van der Waals surface area contributed by atoms with Crippen molar-refractivity contribution in [2.75, 3.05) is 55.4 Å². The molecule has 0 saturated carbocycles. The van der Waals surface area contributed by atoms with Crippen LogP contribution in [0.3, 0.4) is 0 Å². The molecule has 0 aliphatic carbocycles.